The highest BCUT2D eigenvalue weighted by Crippen LogP contribution is 2.19. The van der Waals surface area contributed by atoms with Crippen molar-refractivity contribution >= 4 is 17.5 Å². The van der Waals surface area contributed by atoms with Crippen LogP contribution in [-0.2, 0) is 0 Å². The number of nitrogens with two attached hydrogens (primary N) is 1. The zero-order chi connectivity index (χ0) is 12.4. The van der Waals surface area contributed by atoms with Crippen LogP contribution in [-0.4, -0.2) is 29.4 Å². The molecule has 2 unspecified atom stereocenters. The number of hydrogen-bond donors (Lipinski definition) is 1. The molecule has 0 bridgehead atoms. The van der Waals surface area contributed by atoms with E-state index in [-0.39, 0.29) is 18.0 Å². The van der Waals surface area contributed by atoms with Crippen molar-refractivity contribution in [1.29, 1.82) is 0 Å². The standard InChI is InChI=1S/C13H17ClN2O/c1-9-8-12(15)6-7-16(9)13(17)10-2-4-11(14)5-3-10/h2-5,9,12H,6-8,15H2,1H3. The minimum absolute atomic E-state index is 0.0704. The lowest BCUT2D eigenvalue weighted by atomic mass is 9.98. The first-order valence-electron chi connectivity index (χ1n) is 5.90. The highest BCUT2D eigenvalue weighted by molar-refractivity contribution is 6.30. The van der Waals surface area contributed by atoms with Gasteiger partial charge in [-0.3, -0.25) is 4.79 Å². The molecule has 1 fully saturated rings. The lowest BCUT2D eigenvalue weighted by molar-refractivity contribution is 0.0619. The van der Waals surface area contributed by atoms with E-state index >= 15 is 0 Å². The van der Waals surface area contributed by atoms with Crippen molar-refractivity contribution in [3.8, 4) is 0 Å². The smallest absolute Gasteiger partial charge is 0.254 e. The SMILES string of the molecule is CC1CC(N)CCN1C(=O)c1ccc(Cl)cc1. The fourth-order valence-corrected chi connectivity index (χ4v) is 2.39. The topological polar surface area (TPSA) is 46.3 Å². The van der Waals surface area contributed by atoms with Crippen molar-refractivity contribution in [2.75, 3.05) is 6.54 Å². The minimum Gasteiger partial charge on any atom is -0.336 e. The third-order valence-electron chi connectivity index (χ3n) is 3.27. The van der Waals surface area contributed by atoms with Crippen LogP contribution in [0.3, 0.4) is 0 Å². The van der Waals surface area contributed by atoms with E-state index in [0.29, 0.717) is 10.6 Å². The summed E-state index contributed by atoms with van der Waals surface area (Å²) in [5, 5.41) is 0.648. The first-order chi connectivity index (χ1) is 8.08. The summed E-state index contributed by atoms with van der Waals surface area (Å²) in [6.07, 6.45) is 1.75. The van der Waals surface area contributed by atoms with Crippen LogP contribution in [0.25, 0.3) is 0 Å². The van der Waals surface area contributed by atoms with Crippen LogP contribution in [0.4, 0.5) is 0 Å². The van der Waals surface area contributed by atoms with Gasteiger partial charge in [0, 0.05) is 29.2 Å². The maximum absolute atomic E-state index is 12.3. The van der Waals surface area contributed by atoms with Gasteiger partial charge in [-0.15, -0.1) is 0 Å². The average Bonchev–Trinajstić information content (AvgIpc) is 2.29. The molecule has 0 saturated carbocycles. The second-order valence-corrected chi connectivity index (χ2v) is 5.08. The molecule has 1 saturated heterocycles. The molecule has 0 spiro atoms. The summed E-state index contributed by atoms with van der Waals surface area (Å²) in [5.74, 6) is 0.0704. The van der Waals surface area contributed by atoms with Gasteiger partial charge in [-0.2, -0.15) is 0 Å². The number of amides is 1. The molecule has 2 rings (SSSR count). The summed E-state index contributed by atoms with van der Waals surface area (Å²) in [6.45, 7) is 2.79. The highest BCUT2D eigenvalue weighted by Gasteiger charge is 2.27. The van der Waals surface area contributed by atoms with E-state index in [1.165, 1.54) is 0 Å². The van der Waals surface area contributed by atoms with Crippen LogP contribution in [0, 0.1) is 0 Å². The Hall–Kier alpha value is -1.06. The molecule has 1 aromatic carbocycles. The van der Waals surface area contributed by atoms with Gasteiger partial charge in [0.2, 0.25) is 0 Å². The van der Waals surface area contributed by atoms with Gasteiger partial charge in [-0.25, -0.2) is 0 Å². The van der Waals surface area contributed by atoms with Crippen LogP contribution >= 0.6 is 11.6 Å². The summed E-state index contributed by atoms with van der Waals surface area (Å²) >= 11 is 5.81. The van der Waals surface area contributed by atoms with Gasteiger partial charge in [0.05, 0.1) is 0 Å². The second-order valence-electron chi connectivity index (χ2n) is 4.64. The summed E-state index contributed by atoms with van der Waals surface area (Å²) < 4.78 is 0. The lowest BCUT2D eigenvalue weighted by Crippen LogP contribution is -2.48. The Morgan fingerprint density at radius 1 is 1.41 bits per heavy atom. The van der Waals surface area contributed by atoms with Gasteiger partial charge < -0.3 is 10.6 Å². The van der Waals surface area contributed by atoms with Crippen molar-refractivity contribution in [3.63, 3.8) is 0 Å². The summed E-state index contributed by atoms with van der Waals surface area (Å²) in [7, 11) is 0. The third-order valence-corrected chi connectivity index (χ3v) is 3.52. The maximum Gasteiger partial charge on any atom is 0.254 e. The van der Waals surface area contributed by atoms with Gasteiger partial charge in [-0.1, -0.05) is 11.6 Å². The molecule has 0 aromatic heterocycles. The molecule has 1 aliphatic heterocycles. The average molecular weight is 253 g/mol. The normalized spacial score (nSPS) is 24.8. The molecule has 2 atom stereocenters. The van der Waals surface area contributed by atoms with Gasteiger partial charge in [0.1, 0.15) is 0 Å². The lowest BCUT2D eigenvalue weighted by Gasteiger charge is -2.36. The minimum atomic E-state index is 0.0704. The molecular weight excluding hydrogens is 236 g/mol. The quantitative estimate of drug-likeness (QED) is 0.834. The molecule has 17 heavy (non-hydrogen) atoms. The Kier molecular flexibility index (Phi) is 3.69. The van der Waals surface area contributed by atoms with Crippen molar-refractivity contribution in [1.82, 2.24) is 4.90 Å². The monoisotopic (exact) mass is 252 g/mol. The van der Waals surface area contributed by atoms with Crippen molar-refractivity contribution in [2.24, 2.45) is 5.73 Å². The van der Waals surface area contributed by atoms with E-state index < -0.39 is 0 Å². The number of carbonyl (C=O) groups excluding carboxylic acids is 1. The first kappa shape index (κ1) is 12.4. The Morgan fingerprint density at radius 3 is 2.65 bits per heavy atom. The van der Waals surface area contributed by atoms with Gasteiger partial charge in [0.15, 0.2) is 0 Å². The zero-order valence-corrected chi connectivity index (χ0v) is 10.7. The van der Waals surface area contributed by atoms with E-state index in [9.17, 15) is 4.79 Å². The van der Waals surface area contributed by atoms with Crippen LogP contribution in [0.1, 0.15) is 30.1 Å². The number of carbonyl (C=O) groups is 1. The predicted molar refractivity (Wildman–Crippen MR) is 69.2 cm³/mol. The van der Waals surface area contributed by atoms with Crippen molar-refractivity contribution in [3.05, 3.63) is 34.9 Å². The zero-order valence-electron chi connectivity index (χ0n) is 9.90. The maximum atomic E-state index is 12.3. The van der Waals surface area contributed by atoms with Crippen LogP contribution in [0.5, 0.6) is 0 Å². The summed E-state index contributed by atoms with van der Waals surface area (Å²) in [4.78, 5) is 14.2. The first-order valence-corrected chi connectivity index (χ1v) is 6.28. The molecule has 0 aliphatic carbocycles. The number of hydrogen-bond acceptors (Lipinski definition) is 2. The summed E-state index contributed by atoms with van der Waals surface area (Å²) in [6, 6.07) is 7.46. The molecular formula is C13H17ClN2O. The number of rotatable bonds is 1. The van der Waals surface area contributed by atoms with Crippen LogP contribution in [0.15, 0.2) is 24.3 Å². The molecule has 1 aromatic rings. The number of piperidine rings is 1. The molecule has 3 nitrogen and oxygen atoms in total. The molecule has 1 heterocycles. The van der Waals surface area contributed by atoms with Crippen molar-refractivity contribution in [2.45, 2.75) is 31.8 Å². The van der Waals surface area contributed by atoms with E-state index in [4.69, 9.17) is 17.3 Å². The van der Waals surface area contributed by atoms with E-state index in [1.807, 2.05) is 11.8 Å². The number of halogens is 1. The third kappa shape index (κ3) is 2.79. The molecule has 92 valence electrons. The fraction of sp³-hybridized carbons (Fsp3) is 0.462. The van der Waals surface area contributed by atoms with Crippen LogP contribution < -0.4 is 5.73 Å². The van der Waals surface area contributed by atoms with Crippen LogP contribution in [0.2, 0.25) is 5.02 Å². The number of likely N-dealkylation sites (tertiary alicyclic amines) is 1. The molecule has 1 aliphatic rings. The number of nitrogens with zero attached hydrogens (tertiary/aromatic N) is 1. The van der Waals surface area contributed by atoms with Crippen molar-refractivity contribution < 1.29 is 4.79 Å². The van der Waals surface area contributed by atoms with Gasteiger partial charge in [0.25, 0.3) is 5.91 Å². The van der Waals surface area contributed by atoms with E-state index in [0.717, 1.165) is 19.4 Å². The Labute approximate surface area is 107 Å². The fourth-order valence-electron chi connectivity index (χ4n) is 2.27. The van der Waals surface area contributed by atoms with Gasteiger partial charge in [-0.05, 0) is 44.0 Å². The highest BCUT2D eigenvalue weighted by atomic mass is 35.5. The Morgan fingerprint density at radius 2 is 2.06 bits per heavy atom. The Balaban J connectivity index is 2.12. The summed E-state index contributed by atoms with van der Waals surface area (Å²) in [5.41, 5.74) is 6.58. The molecule has 0 radical (unpaired) electrons. The van der Waals surface area contributed by atoms with Gasteiger partial charge >= 0.3 is 0 Å². The predicted octanol–water partition coefficient (Wildman–Crippen LogP) is 2.29. The molecule has 1 amide bonds. The largest absolute Gasteiger partial charge is 0.336 e. The Bertz CT molecular complexity index is 404. The second kappa shape index (κ2) is 5.07. The van der Waals surface area contributed by atoms with E-state index in [2.05, 4.69) is 0 Å². The number of benzene rings is 1. The van der Waals surface area contributed by atoms with E-state index in [1.54, 1.807) is 24.3 Å². The molecule has 4 heteroatoms. The molecule has 2 N–H and O–H groups in total.